The molecule has 0 aliphatic rings. The van der Waals surface area contributed by atoms with Crippen LogP contribution in [-0.4, -0.2) is 30.4 Å². The number of hydrogen-bond donors (Lipinski definition) is 4. The fourth-order valence-electron chi connectivity index (χ4n) is 2.93. The molecule has 1 unspecified atom stereocenters. The fraction of sp³-hybridized carbons (Fsp3) is 0.190. The molecule has 4 N–H and O–H groups in total. The van der Waals surface area contributed by atoms with Gasteiger partial charge in [-0.2, -0.15) is 0 Å². The maximum absolute atomic E-state index is 14.8. The zero-order valence-electron chi connectivity index (χ0n) is 15.5. The molecule has 0 radical (unpaired) electrons. The van der Waals surface area contributed by atoms with Gasteiger partial charge in [0.1, 0.15) is 0 Å². The Bertz CT molecular complexity index is 977. The van der Waals surface area contributed by atoms with Crippen LogP contribution in [0.5, 0.6) is 0 Å². The fourth-order valence-corrected chi connectivity index (χ4v) is 2.93. The van der Waals surface area contributed by atoms with Gasteiger partial charge in [0.2, 0.25) is 5.91 Å². The van der Waals surface area contributed by atoms with Gasteiger partial charge in [0, 0.05) is 36.8 Å². The summed E-state index contributed by atoms with van der Waals surface area (Å²) in [6.45, 7) is 0.250. The Morgan fingerprint density at radius 3 is 2.71 bits per heavy atom. The molecule has 1 amide bonds. The minimum atomic E-state index is -0.484. The van der Waals surface area contributed by atoms with E-state index in [0.29, 0.717) is 17.2 Å². The molecule has 144 valence electrons. The zero-order valence-corrected chi connectivity index (χ0v) is 15.5. The van der Waals surface area contributed by atoms with Crippen molar-refractivity contribution in [1.82, 2.24) is 15.6 Å². The topological polar surface area (TPSA) is 89.9 Å². The molecular weight excluding hydrogens is 357 g/mol. The predicted octanol–water partition coefficient (Wildman–Crippen LogP) is 2.92. The second kappa shape index (κ2) is 8.94. The summed E-state index contributed by atoms with van der Waals surface area (Å²) in [7, 11) is 1.63. The van der Waals surface area contributed by atoms with Crippen LogP contribution in [-0.2, 0) is 11.2 Å². The molecule has 0 bridgehead atoms. The molecule has 6 nitrogen and oxygen atoms in total. The first-order valence-electron chi connectivity index (χ1n) is 8.95. The van der Waals surface area contributed by atoms with E-state index in [1.54, 1.807) is 31.4 Å². The van der Waals surface area contributed by atoms with Crippen molar-refractivity contribution in [2.45, 2.75) is 6.42 Å². The Balaban J connectivity index is 1.80. The van der Waals surface area contributed by atoms with Crippen molar-refractivity contribution in [2.75, 3.05) is 18.9 Å². The average Bonchev–Trinajstić information content (AvgIpc) is 2.73. The molecule has 0 saturated heterocycles. The maximum Gasteiger partial charge on any atom is 0.229 e. The van der Waals surface area contributed by atoms with Gasteiger partial charge in [-0.05, 0) is 24.1 Å². The highest BCUT2D eigenvalue weighted by Crippen LogP contribution is 2.24. The van der Waals surface area contributed by atoms with Gasteiger partial charge in [0.15, 0.2) is 11.8 Å². The van der Waals surface area contributed by atoms with Crippen LogP contribution in [0, 0.1) is 17.1 Å². The van der Waals surface area contributed by atoms with E-state index in [9.17, 15) is 9.18 Å². The number of benzene rings is 2. The number of guanidine groups is 1. The highest BCUT2D eigenvalue weighted by molar-refractivity contribution is 5.96. The quantitative estimate of drug-likeness (QED) is 0.392. The van der Waals surface area contributed by atoms with Crippen LogP contribution >= 0.6 is 0 Å². The van der Waals surface area contributed by atoms with E-state index in [4.69, 9.17) is 5.41 Å². The van der Waals surface area contributed by atoms with E-state index < -0.39 is 11.7 Å². The molecule has 28 heavy (non-hydrogen) atoms. The van der Waals surface area contributed by atoms with Crippen molar-refractivity contribution >= 4 is 28.3 Å². The number of amides is 1. The lowest BCUT2D eigenvalue weighted by atomic mass is 9.98. The molecule has 1 aromatic heterocycles. The number of hydrogen-bond acceptors (Lipinski definition) is 3. The van der Waals surface area contributed by atoms with E-state index in [-0.39, 0.29) is 24.1 Å². The Morgan fingerprint density at radius 1 is 1.18 bits per heavy atom. The number of pyridine rings is 1. The van der Waals surface area contributed by atoms with Crippen molar-refractivity contribution in [3.8, 4) is 0 Å². The lowest BCUT2D eigenvalue weighted by Crippen LogP contribution is -2.41. The van der Waals surface area contributed by atoms with Crippen molar-refractivity contribution in [2.24, 2.45) is 5.92 Å². The number of halogens is 1. The summed E-state index contributed by atoms with van der Waals surface area (Å²) in [5, 5.41) is 17.0. The average molecular weight is 379 g/mol. The lowest BCUT2D eigenvalue weighted by molar-refractivity contribution is -0.119. The van der Waals surface area contributed by atoms with Gasteiger partial charge in [-0.15, -0.1) is 0 Å². The number of fused-ring (bicyclic) bond motifs is 1. The van der Waals surface area contributed by atoms with Crippen molar-refractivity contribution in [3.63, 3.8) is 0 Å². The number of nitrogens with zero attached hydrogens (tertiary/aromatic N) is 1. The van der Waals surface area contributed by atoms with Crippen LogP contribution in [0.25, 0.3) is 10.8 Å². The molecule has 0 saturated carbocycles. The first-order chi connectivity index (χ1) is 13.6. The summed E-state index contributed by atoms with van der Waals surface area (Å²) in [4.78, 5) is 16.9. The summed E-state index contributed by atoms with van der Waals surface area (Å²) in [5.74, 6) is -1.16. The number of rotatable bonds is 6. The molecule has 1 heterocycles. The normalized spacial score (nSPS) is 11.6. The van der Waals surface area contributed by atoms with Crippen molar-refractivity contribution < 1.29 is 9.18 Å². The van der Waals surface area contributed by atoms with Gasteiger partial charge in [0.05, 0.1) is 11.6 Å². The van der Waals surface area contributed by atoms with Crippen LogP contribution in [0.3, 0.4) is 0 Å². The van der Waals surface area contributed by atoms with E-state index in [0.717, 1.165) is 5.56 Å². The molecule has 0 aliphatic heterocycles. The third-order valence-electron chi connectivity index (χ3n) is 4.48. The van der Waals surface area contributed by atoms with E-state index in [1.807, 2.05) is 30.3 Å². The highest BCUT2D eigenvalue weighted by atomic mass is 19.1. The Morgan fingerprint density at radius 2 is 1.96 bits per heavy atom. The summed E-state index contributed by atoms with van der Waals surface area (Å²) < 4.78 is 14.8. The monoisotopic (exact) mass is 379 g/mol. The number of anilines is 1. The molecule has 0 aliphatic carbocycles. The summed E-state index contributed by atoms with van der Waals surface area (Å²) >= 11 is 0. The molecule has 1 atom stereocenters. The number of nitrogens with one attached hydrogen (secondary N) is 4. The zero-order chi connectivity index (χ0) is 19.9. The first kappa shape index (κ1) is 19.3. The molecule has 7 heteroatoms. The molecule has 0 fully saturated rings. The van der Waals surface area contributed by atoms with Crippen LogP contribution < -0.4 is 16.0 Å². The first-order valence-corrected chi connectivity index (χ1v) is 8.95. The van der Waals surface area contributed by atoms with Gasteiger partial charge in [0.25, 0.3) is 0 Å². The molecule has 2 aromatic carbocycles. The second-order valence-electron chi connectivity index (χ2n) is 6.41. The summed E-state index contributed by atoms with van der Waals surface area (Å²) in [5.41, 5.74) is 1.12. The minimum Gasteiger partial charge on any atom is -0.360 e. The second-order valence-corrected chi connectivity index (χ2v) is 6.41. The van der Waals surface area contributed by atoms with Gasteiger partial charge >= 0.3 is 0 Å². The number of carbonyl (C=O) groups excluding carboxylic acids is 1. The van der Waals surface area contributed by atoms with Gasteiger partial charge in [-0.1, -0.05) is 36.4 Å². The molecular formula is C21H22FN5O. The Labute approximate surface area is 162 Å². The molecule has 0 spiro atoms. The third kappa shape index (κ3) is 4.62. The van der Waals surface area contributed by atoms with Crippen LogP contribution in [0.4, 0.5) is 10.1 Å². The third-order valence-corrected chi connectivity index (χ3v) is 4.48. The van der Waals surface area contributed by atoms with E-state index >= 15 is 0 Å². The van der Waals surface area contributed by atoms with Crippen LogP contribution in [0.2, 0.25) is 0 Å². The maximum atomic E-state index is 14.8. The Hall–Kier alpha value is -3.48. The predicted molar refractivity (Wildman–Crippen MR) is 109 cm³/mol. The van der Waals surface area contributed by atoms with Crippen LogP contribution in [0.15, 0.2) is 60.9 Å². The molecule has 3 rings (SSSR count). The van der Waals surface area contributed by atoms with E-state index in [1.165, 1.54) is 6.20 Å². The number of carbonyl (C=O) groups is 1. The van der Waals surface area contributed by atoms with Crippen molar-refractivity contribution in [3.05, 3.63) is 72.3 Å². The minimum absolute atomic E-state index is 0.121. The van der Waals surface area contributed by atoms with Gasteiger partial charge in [-0.25, -0.2) is 4.39 Å². The lowest BCUT2D eigenvalue weighted by Gasteiger charge is -2.19. The van der Waals surface area contributed by atoms with Crippen molar-refractivity contribution in [1.29, 1.82) is 5.41 Å². The summed E-state index contributed by atoms with van der Waals surface area (Å²) in [6.07, 6.45) is 3.56. The van der Waals surface area contributed by atoms with E-state index in [2.05, 4.69) is 20.9 Å². The highest BCUT2D eigenvalue weighted by Gasteiger charge is 2.21. The standard InChI is InChI=1S/C21H22FN5O/c1-24-21(23)26-13-16(11-14-5-3-2-4-6-14)20(28)27-18-8-7-15-12-25-10-9-17(15)19(18)22/h2-10,12,16H,11,13H2,1H3,(H,27,28)(H3,23,24,26). The molecule has 3 aromatic rings. The Kier molecular flexibility index (Phi) is 6.16. The van der Waals surface area contributed by atoms with Gasteiger partial charge in [-0.3, -0.25) is 15.2 Å². The number of aromatic nitrogens is 1. The van der Waals surface area contributed by atoms with Crippen LogP contribution in [0.1, 0.15) is 5.56 Å². The van der Waals surface area contributed by atoms with Gasteiger partial charge < -0.3 is 16.0 Å². The largest absolute Gasteiger partial charge is 0.360 e. The SMILES string of the molecule is CNC(=N)NCC(Cc1ccccc1)C(=O)Nc1ccc2cnccc2c1F. The smallest absolute Gasteiger partial charge is 0.229 e. The summed E-state index contributed by atoms with van der Waals surface area (Å²) in [6, 6.07) is 14.4.